The van der Waals surface area contributed by atoms with E-state index in [1.165, 1.54) is 11.3 Å². The lowest BCUT2D eigenvalue weighted by Gasteiger charge is -2.09. The van der Waals surface area contributed by atoms with Gasteiger partial charge in [-0.2, -0.15) is 11.3 Å². The molecule has 0 aliphatic heterocycles. The highest BCUT2D eigenvalue weighted by atomic mass is 35.5. The number of nitrogens with two attached hydrogens (primary N) is 1. The van der Waals surface area contributed by atoms with Crippen LogP contribution in [0.2, 0.25) is 5.02 Å². The molecule has 102 valence electrons. The Balaban J connectivity index is 2.29. The van der Waals surface area contributed by atoms with Gasteiger partial charge in [0, 0.05) is 12.2 Å². The monoisotopic (exact) mass is 320 g/mol. The van der Waals surface area contributed by atoms with Gasteiger partial charge in [-0.15, -0.1) is 0 Å². The second-order valence-corrected chi connectivity index (χ2v) is 6.69. The Hall–Kier alpha value is -1.15. The van der Waals surface area contributed by atoms with Crippen LogP contribution in [0.4, 0.5) is 10.1 Å². The Bertz CT molecular complexity index is 687. The summed E-state index contributed by atoms with van der Waals surface area (Å²) in [5.41, 5.74) is 6.35. The van der Waals surface area contributed by atoms with E-state index in [9.17, 15) is 12.8 Å². The van der Waals surface area contributed by atoms with Crippen LogP contribution in [0.5, 0.6) is 0 Å². The molecule has 0 aliphatic carbocycles. The van der Waals surface area contributed by atoms with Gasteiger partial charge in [0.1, 0.15) is 4.90 Å². The van der Waals surface area contributed by atoms with Crippen LogP contribution >= 0.6 is 22.9 Å². The molecule has 0 spiro atoms. The molecule has 0 saturated heterocycles. The molecule has 0 fully saturated rings. The molecule has 1 aromatic heterocycles. The van der Waals surface area contributed by atoms with Crippen LogP contribution in [0.25, 0.3) is 0 Å². The summed E-state index contributed by atoms with van der Waals surface area (Å²) in [5, 5.41) is 3.29. The SMILES string of the molecule is Nc1cc(Cl)c(F)c(S(=O)(=O)NCc2ccsc2)c1. The number of nitrogens with one attached hydrogen (secondary N) is 1. The highest BCUT2D eigenvalue weighted by Gasteiger charge is 2.21. The maximum Gasteiger partial charge on any atom is 0.243 e. The molecule has 0 saturated carbocycles. The molecule has 4 nitrogen and oxygen atoms in total. The van der Waals surface area contributed by atoms with Crippen molar-refractivity contribution in [1.82, 2.24) is 4.72 Å². The summed E-state index contributed by atoms with van der Waals surface area (Å²) in [5.74, 6) is -1.01. The van der Waals surface area contributed by atoms with Crippen molar-refractivity contribution in [3.05, 3.63) is 45.4 Å². The molecule has 0 radical (unpaired) electrons. The van der Waals surface area contributed by atoms with Crippen molar-refractivity contribution in [2.24, 2.45) is 0 Å². The van der Waals surface area contributed by atoms with E-state index in [-0.39, 0.29) is 17.3 Å². The van der Waals surface area contributed by atoms with Crippen LogP contribution in [-0.2, 0) is 16.6 Å². The minimum Gasteiger partial charge on any atom is -0.399 e. The Morgan fingerprint density at radius 3 is 2.79 bits per heavy atom. The van der Waals surface area contributed by atoms with E-state index < -0.39 is 20.7 Å². The van der Waals surface area contributed by atoms with E-state index in [4.69, 9.17) is 17.3 Å². The summed E-state index contributed by atoms with van der Waals surface area (Å²) in [6, 6.07) is 3.97. The van der Waals surface area contributed by atoms with Crippen molar-refractivity contribution in [1.29, 1.82) is 0 Å². The molecular formula is C11H10ClFN2O2S2. The number of thiophene rings is 1. The van der Waals surface area contributed by atoms with E-state index in [2.05, 4.69) is 4.72 Å². The van der Waals surface area contributed by atoms with Gasteiger partial charge in [0.05, 0.1) is 5.02 Å². The number of benzene rings is 1. The standard InChI is InChI=1S/C11H10ClFN2O2S2/c12-9-3-8(14)4-10(11(9)13)19(16,17)15-5-7-1-2-18-6-7/h1-4,6,15H,5,14H2. The Morgan fingerprint density at radius 1 is 1.42 bits per heavy atom. The van der Waals surface area contributed by atoms with Crippen molar-refractivity contribution in [2.75, 3.05) is 5.73 Å². The van der Waals surface area contributed by atoms with E-state index in [1.54, 1.807) is 11.4 Å². The fourth-order valence-corrected chi connectivity index (χ4v) is 3.53. The molecule has 0 aliphatic rings. The number of rotatable bonds is 4. The van der Waals surface area contributed by atoms with Gasteiger partial charge in [0.25, 0.3) is 0 Å². The molecule has 8 heteroatoms. The van der Waals surface area contributed by atoms with Crippen LogP contribution in [0, 0.1) is 5.82 Å². The molecule has 3 N–H and O–H groups in total. The predicted molar refractivity (Wildman–Crippen MR) is 74.2 cm³/mol. The highest BCUT2D eigenvalue weighted by Crippen LogP contribution is 2.25. The largest absolute Gasteiger partial charge is 0.399 e. The van der Waals surface area contributed by atoms with Crippen molar-refractivity contribution < 1.29 is 12.8 Å². The summed E-state index contributed by atoms with van der Waals surface area (Å²) in [6.07, 6.45) is 0. The summed E-state index contributed by atoms with van der Waals surface area (Å²) >= 11 is 7.02. The third-order valence-electron chi connectivity index (χ3n) is 2.35. The fourth-order valence-electron chi connectivity index (χ4n) is 1.43. The summed E-state index contributed by atoms with van der Waals surface area (Å²) in [7, 11) is -4.00. The first-order valence-electron chi connectivity index (χ1n) is 5.15. The third-order valence-corrected chi connectivity index (χ3v) is 4.76. The number of hydrogen-bond donors (Lipinski definition) is 2. The first-order valence-corrected chi connectivity index (χ1v) is 7.96. The molecular weight excluding hydrogens is 311 g/mol. The number of nitrogen functional groups attached to an aromatic ring is 1. The first-order chi connectivity index (χ1) is 8.90. The number of halogens is 2. The second kappa shape index (κ2) is 5.46. The third kappa shape index (κ3) is 3.24. The van der Waals surface area contributed by atoms with Gasteiger partial charge in [-0.3, -0.25) is 0 Å². The number of hydrogen-bond acceptors (Lipinski definition) is 4. The molecule has 1 aromatic carbocycles. The molecule has 0 amide bonds. The molecule has 1 heterocycles. The van der Waals surface area contributed by atoms with Crippen molar-refractivity contribution in [2.45, 2.75) is 11.4 Å². The van der Waals surface area contributed by atoms with Gasteiger partial charge >= 0.3 is 0 Å². The zero-order valence-electron chi connectivity index (χ0n) is 9.56. The van der Waals surface area contributed by atoms with Gasteiger partial charge < -0.3 is 5.73 Å². The van der Waals surface area contributed by atoms with Gasteiger partial charge in [-0.05, 0) is 34.5 Å². The predicted octanol–water partition coefficient (Wildman–Crippen LogP) is 2.60. The van der Waals surface area contributed by atoms with E-state index in [1.807, 2.05) is 5.38 Å². The second-order valence-electron chi connectivity index (χ2n) is 3.77. The maximum absolute atomic E-state index is 13.7. The van der Waals surface area contributed by atoms with Gasteiger partial charge in [-0.25, -0.2) is 17.5 Å². The van der Waals surface area contributed by atoms with Crippen LogP contribution in [0.1, 0.15) is 5.56 Å². The van der Waals surface area contributed by atoms with Crippen LogP contribution < -0.4 is 10.5 Å². The molecule has 0 unspecified atom stereocenters. The van der Waals surface area contributed by atoms with Crippen molar-refractivity contribution in [3.8, 4) is 0 Å². The maximum atomic E-state index is 13.7. The topological polar surface area (TPSA) is 72.2 Å². The van der Waals surface area contributed by atoms with E-state index in [0.717, 1.165) is 17.7 Å². The number of sulfonamides is 1. The summed E-state index contributed by atoms with van der Waals surface area (Å²) < 4.78 is 40.0. The number of anilines is 1. The first kappa shape index (κ1) is 14.3. The highest BCUT2D eigenvalue weighted by molar-refractivity contribution is 7.89. The Labute approximate surface area is 119 Å². The van der Waals surface area contributed by atoms with Crippen LogP contribution in [-0.4, -0.2) is 8.42 Å². The van der Waals surface area contributed by atoms with Crippen LogP contribution in [0.3, 0.4) is 0 Å². The fraction of sp³-hybridized carbons (Fsp3) is 0.0909. The van der Waals surface area contributed by atoms with Crippen molar-refractivity contribution in [3.63, 3.8) is 0 Å². The van der Waals surface area contributed by atoms with Crippen LogP contribution in [0.15, 0.2) is 33.9 Å². The van der Waals surface area contributed by atoms with E-state index >= 15 is 0 Å². The molecule has 2 rings (SSSR count). The van der Waals surface area contributed by atoms with Gasteiger partial charge in [-0.1, -0.05) is 11.6 Å². The molecule has 2 aromatic rings. The minimum absolute atomic E-state index is 0.0810. The molecule has 19 heavy (non-hydrogen) atoms. The zero-order valence-corrected chi connectivity index (χ0v) is 11.9. The lowest BCUT2D eigenvalue weighted by molar-refractivity contribution is 0.557. The van der Waals surface area contributed by atoms with Crippen molar-refractivity contribution >= 4 is 38.6 Å². The Morgan fingerprint density at radius 2 is 2.16 bits per heavy atom. The van der Waals surface area contributed by atoms with Gasteiger partial charge in [0.15, 0.2) is 5.82 Å². The Kier molecular flexibility index (Phi) is 4.10. The molecule has 0 atom stereocenters. The zero-order chi connectivity index (χ0) is 14.0. The minimum atomic E-state index is -4.00. The normalized spacial score (nSPS) is 11.7. The van der Waals surface area contributed by atoms with E-state index in [0.29, 0.717) is 0 Å². The lowest BCUT2D eigenvalue weighted by atomic mass is 10.3. The molecule has 0 bridgehead atoms. The van der Waals surface area contributed by atoms with Gasteiger partial charge in [0.2, 0.25) is 10.0 Å². The quantitative estimate of drug-likeness (QED) is 0.851. The average Bonchev–Trinajstić information content (AvgIpc) is 2.84. The average molecular weight is 321 g/mol. The summed E-state index contributed by atoms with van der Waals surface area (Å²) in [6.45, 7) is 0.0810. The smallest absolute Gasteiger partial charge is 0.243 e. The lowest BCUT2D eigenvalue weighted by Crippen LogP contribution is -2.24. The summed E-state index contributed by atoms with van der Waals surface area (Å²) in [4.78, 5) is -0.548.